The van der Waals surface area contributed by atoms with E-state index in [1.54, 1.807) is 0 Å². The highest BCUT2D eigenvalue weighted by Crippen LogP contribution is 2.22. The van der Waals surface area contributed by atoms with Crippen molar-refractivity contribution in [2.45, 2.75) is 34.1 Å². The van der Waals surface area contributed by atoms with Crippen molar-refractivity contribution in [2.24, 2.45) is 0 Å². The van der Waals surface area contributed by atoms with Crippen LogP contribution in [0.1, 0.15) is 38.3 Å². The Labute approximate surface area is 98.0 Å². The van der Waals surface area contributed by atoms with Gasteiger partial charge in [-0.25, -0.2) is 0 Å². The van der Waals surface area contributed by atoms with Gasteiger partial charge in [-0.3, -0.25) is 0 Å². The van der Waals surface area contributed by atoms with Crippen LogP contribution < -0.4 is 0 Å². The van der Waals surface area contributed by atoms with Crippen molar-refractivity contribution >= 4 is 10.6 Å². The van der Waals surface area contributed by atoms with E-state index in [0.29, 0.717) is 11.7 Å². The van der Waals surface area contributed by atoms with Crippen molar-refractivity contribution in [1.29, 1.82) is 0 Å². The van der Waals surface area contributed by atoms with Crippen LogP contribution in [-0.2, 0) is 10.6 Å². The zero-order chi connectivity index (χ0) is 12.0. The Kier molecular flexibility index (Phi) is 8.39. The third-order valence-electron chi connectivity index (χ3n) is 1.90. The van der Waals surface area contributed by atoms with Gasteiger partial charge in [0.1, 0.15) is 5.75 Å². The predicted molar refractivity (Wildman–Crippen MR) is 63.4 cm³/mol. The van der Waals surface area contributed by atoms with E-state index < -0.39 is 10.6 Å². The fourth-order valence-corrected chi connectivity index (χ4v) is 0.986. The van der Waals surface area contributed by atoms with Gasteiger partial charge in [-0.2, -0.15) is 0 Å². The van der Waals surface area contributed by atoms with Crippen LogP contribution >= 0.6 is 0 Å². The molecule has 1 rings (SSSR count). The molecular weight excluding hydrogens is 228 g/mol. The fraction of sp³-hybridized carbons (Fsp3) is 0.455. The number of hydrogen-bond acceptors (Lipinski definition) is 4. The lowest BCUT2D eigenvalue weighted by Gasteiger charge is -2.06. The Morgan fingerprint density at radius 3 is 1.94 bits per heavy atom. The number of aryl methyl sites for hydroxylation is 1. The van der Waals surface area contributed by atoms with Crippen LogP contribution in [0.5, 0.6) is 5.75 Å². The van der Waals surface area contributed by atoms with E-state index in [2.05, 4.69) is 19.9 Å². The van der Waals surface area contributed by atoms with Crippen molar-refractivity contribution in [2.75, 3.05) is 0 Å². The molecule has 1 aromatic carbocycles. The van der Waals surface area contributed by atoms with Crippen LogP contribution in [0.3, 0.4) is 0 Å². The van der Waals surface area contributed by atoms with Gasteiger partial charge < -0.3 is 5.11 Å². The molecule has 0 aromatic heterocycles. The summed E-state index contributed by atoms with van der Waals surface area (Å²) in [6.45, 7) is 6.13. The molecule has 0 unspecified atom stereocenters. The fourth-order valence-electron chi connectivity index (χ4n) is 0.986. The predicted octanol–water partition coefficient (Wildman–Crippen LogP) is 2.46. The summed E-state index contributed by atoms with van der Waals surface area (Å²) in [6, 6.07) is 5.84. The second-order valence-corrected chi connectivity index (χ2v) is 3.81. The van der Waals surface area contributed by atoms with Crippen LogP contribution in [-0.4, -0.2) is 17.7 Å². The molecule has 1 N–H and O–H groups in total. The zero-order valence-corrected chi connectivity index (χ0v) is 9.71. The average Bonchev–Trinajstić information content (AvgIpc) is 2.08. The Morgan fingerprint density at radius 1 is 1.19 bits per heavy atom. The van der Waals surface area contributed by atoms with Crippen molar-refractivity contribution in [3.8, 4) is 5.75 Å². The summed E-state index contributed by atoms with van der Waals surface area (Å²) in [7, 11) is -3.11. The van der Waals surface area contributed by atoms with Gasteiger partial charge in [0.15, 0.2) is 0 Å². The Morgan fingerprint density at radius 2 is 1.62 bits per heavy atom. The van der Waals surface area contributed by atoms with Crippen LogP contribution in [0.25, 0.3) is 0 Å². The first-order valence-electron chi connectivity index (χ1n) is 4.41. The largest absolute Gasteiger partial charge is 0.508 e. The minimum Gasteiger partial charge on any atom is -0.508 e. The van der Waals surface area contributed by atoms with Gasteiger partial charge in [-0.1, -0.05) is 33.4 Å². The lowest BCUT2D eigenvalue weighted by molar-refractivity contribution is 0.470. The lowest BCUT2D eigenvalue weighted by atomic mass is 10.0. The first-order chi connectivity index (χ1) is 6.84. The van der Waals surface area contributed by atoms with Crippen LogP contribution in [0, 0.1) is 6.92 Å². The standard InChI is InChI=1S/C10H14O.CH4.O3S/c1-7(2)9-5-4-8(3)10(11)6-9;;1-4(2)3/h4-7,11H,1-3H3;1H4;. The maximum Gasteiger partial charge on any atom is 0.425 e. The molecule has 0 spiro atoms. The Hall–Kier alpha value is -1.36. The number of phenols is 1. The van der Waals surface area contributed by atoms with Crippen LogP contribution in [0.15, 0.2) is 18.2 Å². The van der Waals surface area contributed by atoms with E-state index in [4.69, 9.17) is 12.6 Å². The van der Waals surface area contributed by atoms with Gasteiger partial charge >= 0.3 is 10.6 Å². The summed E-state index contributed by atoms with van der Waals surface area (Å²) >= 11 is 0. The molecule has 0 heterocycles. The Balaban J connectivity index is 0. The minimum atomic E-state index is -3.11. The van der Waals surface area contributed by atoms with E-state index in [-0.39, 0.29) is 7.43 Å². The molecule has 0 radical (unpaired) electrons. The van der Waals surface area contributed by atoms with E-state index in [1.165, 1.54) is 5.56 Å². The molecule has 5 heteroatoms. The molecule has 0 saturated heterocycles. The molecular formula is C11H18O4S. The molecule has 0 amide bonds. The summed E-state index contributed by atoms with van der Waals surface area (Å²) in [5.74, 6) is 0.887. The van der Waals surface area contributed by atoms with Crippen LogP contribution in [0.4, 0.5) is 0 Å². The number of phenolic OH excluding ortho intramolecular Hbond substituents is 1. The maximum absolute atomic E-state index is 9.35. The molecule has 16 heavy (non-hydrogen) atoms. The minimum absolute atomic E-state index is 0. The molecule has 0 atom stereocenters. The molecule has 92 valence electrons. The number of benzene rings is 1. The van der Waals surface area contributed by atoms with E-state index >= 15 is 0 Å². The summed E-state index contributed by atoms with van der Waals surface area (Å²) in [4.78, 5) is 0. The monoisotopic (exact) mass is 246 g/mol. The normalized spacial score (nSPS) is 8.75. The van der Waals surface area contributed by atoms with Gasteiger partial charge in [-0.05, 0) is 30.0 Å². The van der Waals surface area contributed by atoms with Crippen molar-refractivity contribution < 1.29 is 17.7 Å². The molecule has 4 nitrogen and oxygen atoms in total. The SMILES string of the molecule is C.Cc1ccc(C(C)C)cc1O.O=S(=O)=O. The second kappa shape index (κ2) is 7.87. The highest BCUT2D eigenvalue weighted by molar-refractivity contribution is 7.59. The first-order valence-corrected chi connectivity index (χ1v) is 5.41. The van der Waals surface area contributed by atoms with E-state index in [0.717, 1.165) is 5.56 Å². The summed E-state index contributed by atoms with van der Waals surface area (Å²) in [6.07, 6.45) is 0. The number of rotatable bonds is 1. The quantitative estimate of drug-likeness (QED) is 0.826. The van der Waals surface area contributed by atoms with E-state index in [1.807, 2.05) is 19.1 Å². The summed E-state index contributed by atoms with van der Waals surface area (Å²) in [5.41, 5.74) is 2.13. The smallest absolute Gasteiger partial charge is 0.425 e. The topological polar surface area (TPSA) is 71.4 Å². The molecule has 0 saturated carbocycles. The molecule has 0 aliphatic heterocycles. The summed E-state index contributed by atoms with van der Waals surface area (Å²) in [5, 5.41) is 9.35. The third kappa shape index (κ3) is 7.00. The zero-order valence-electron chi connectivity index (χ0n) is 8.89. The highest BCUT2D eigenvalue weighted by atomic mass is 32.2. The van der Waals surface area contributed by atoms with Crippen molar-refractivity contribution in [3.63, 3.8) is 0 Å². The van der Waals surface area contributed by atoms with Crippen molar-refractivity contribution in [1.82, 2.24) is 0 Å². The number of hydrogen-bond donors (Lipinski definition) is 1. The summed E-state index contributed by atoms with van der Waals surface area (Å²) < 4.78 is 25.3. The third-order valence-corrected chi connectivity index (χ3v) is 1.90. The molecule has 0 fully saturated rings. The average molecular weight is 246 g/mol. The van der Waals surface area contributed by atoms with Gasteiger partial charge in [0.2, 0.25) is 0 Å². The van der Waals surface area contributed by atoms with Crippen LogP contribution in [0.2, 0.25) is 0 Å². The number of aromatic hydroxyl groups is 1. The highest BCUT2D eigenvalue weighted by Gasteiger charge is 2.00. The first kappa shape index (κ1) is 17.0. The lowest BCUT2D eigenvalue weighted by Crippen LogP contribution is -1.86. The maximum atomic E-state index is 9.35. The molecule has 0 bridgehead atoms. The van der Waals surface area contributed by atoms with Crippen molar-refractivity contribution in [3.05, 3.63) is 29.3 Å². The van der Waals surface area contributed by atoms with Gasteiger partial charge in [0, 0.05) is 0 Å². The van der Waals surface area contributed by atoms with Gasteiger partial charge in [-0.15, -0.1) is 12.6 Å². The van der Waals surface area contributed by atoms with E-state index in [9.17, 15) is 5.11 Å². The van der Waals surface area contributed by atoms with Gasteiger partial charge in [0.25, 0.3) is 0 Å². The molecule has 1 aromatic rings. The molecule has 0 aliphatic carbocycles. The van der Waals surface area contributed by atoms with Gasteiger partial charge in [0.05, 0.1) is 0 Å². The Bertz CT molecular complexity index is 414. The second-order valence-electron chi connectivity index (χ2n) is 3.40. The molecule has 0 aliphatic rings.